The van der Waals surface area contributed by atoms with Crippen molar-refractivity contribution in [3.8, 4) is 0 Å². The van der Waals surface area contributed by atoms with Gasteiger partial charge < -0.3 is 15.5 Å². The van der Waals surface area contributed by atoms with Crippen LogP contribution in [0.4, 0.5) is 11.5 Å². The molecule has 3 aromatic heterocycles. The van der Waals surface area contributed by atoms with Gasteiger partial charge in [-0.1, -0.05) is 0 Å². The van der Waals surface area contributed by atoms with Crippen molar-refractivity contribution in [3.63, 3.8) is 0 Å². The molecule has 11 heteroatoms. The Balaban J connectivity index is 1.27. The first kappa shape index (κ1) is 21.4. The second kappa shape index (κ2) is 7.54. The van der Waals surface area contributed by atoms with E-state index in [1.165, 1.54) is 16.8 Å². The third-order valence-corrected chi connectivity index (χ3v) is 10.2. The van der Waals surface area contributed by atoms with Gasteiger partial charge >= 0.3 is 0 Å². The minimum Gasteiger partial charge on any atom is -0.342 e. The molecule has 3 aromatic rings. The van der Waals surface area contributed by atoms with Gasteiger partial charge in [-0.25, -0.2) is 9.97 Å². The van der Waals surface area contributed by atoms with Crippen LogP contribution in [0.25, 0.3) is 10.2 Å². The molecule has 2 saturated heterocycles. The molecule has 6 heterocycles. The number of thiophene rings is 1. The average Bonchev–Trinajstić information content (AvgIpc) is 3.31. The zero-order valence-corrected chi connectivity index (χ0v) is 20.9. The summed E-state index contributed by atoms with van der Waals surface area (Å²) in [4.78, 5) is 52.0. The highest BCUT2D eigenvalue weighted by Gasteiger charge is 2.49. The van der Waals surface area contributed by atoms with Crippen molar-refractivity contribution in [1.29, 1.82) is 0 Å². The summed E-state index contributed by atoms with van der Waals surface area (Å²) in [7, 11) is 0. The number of carbonyl (C=O) groups excluding carboxylic acids is 2. The van der Waals surface area contributed by atoms with Crippen LogP contribution in [0.3, 0.4) is 0 Å². The van der Waals surface area contributed by atoms with Gasteiger partial charge in [-0.15, -0.1) is 11.3 Å². The van der Waals surface area contributed by atoms with E-state index >= 15 is 0 Å². The number of hydrogen-bond donors (Lipinski definition) is 2. The van der Waals surface area contributed by atoms with Crippen molar-refractivity contribution in [3.05, 3.63) is 44.4 Å². The van der Waals surface area contributed by atoms with E-state index in [2.05, 4.69) is 20.6 Å². The van der Waals surface area contributed by atoms with Crippen molar-refractivity contribution in [2.24, 2.45) is 5.92 Å². The Labute approximate surface area is 209 Å². The van der Waals surface area contributed by atoms with Gasteiger partial charge in [0, 0.05) is 35.4 Å². The lowest BCUT2D eigenvalue weighted by Gasteiger charge is -2.38. The summed E-state index contributed by atoms with van der Waals surface area (Å²) in [5.74, 6) is 2.09. The maximum Gasteiger partial charge on any atom is 0.276 e. The lowest BCUT2D eigenvalue weighted by molar-refractivity contribution is -0.139. The maximum absolute atomic E-state index is 13.6. The summed E-state index contributed by atoms with van der Waals surface area (Å²) in [6.07, 6.45) is 4.96. The molecule has 2 fully saturated rings. The van der Waals surface area contributed by atoms with Gasteiger partial charge in [-0.05, 0) is 49.8 Å². The number of nitrogens with one attached hydrogen (secondary N) is 2. The molecule has 0 bridgehead atoms. The SMILES string of the molecule is Cc1cc(Nc2ncnc3sc4c(c23)CC[C@H](C(=O)N2CCC2)C4)c(=O)n2c1C(=O)NC21CSC1. The largest absolute Gasteiger partial charge is 0.342 e. The van der Waals surface area contributed by atoms with E-state index in [0.29, 0.717) is 28.7 Å². The van der Waals surface area contributed by atoms with E-state index in [1.54, 1.807) is 33.7 Å². The number of thioether (sulfide) groups is 1. The molecule has 0 saturated carbocycles. The van der Waals surface area contributed by atoms with Crippen LogP contribution >= 0.6 is 23.1 Å². The van der Waals surface area contributed by atoms with Gasteiger partial charge in [0.05, 0.1) is 5.39 Å². The van der Waals surface area contributed by atoms with Crippen molar-refractivity contribution in [1.82, 2.24) is 24.8 Å². The second-order valence-corrected chi connectivity index (χ2v) is 11.9. The molecule has 0 aromatic carbocycles. The Morgan fingerprint density at radius 3 is 2.80 bits per heavy atom. The summed E-state index contributed by atoms with van der Waals surface area (Å²) in [5.41, 5.74) is 1.93. The number of aromatic nitrogens is 3. The number of carbonyl (C=O) groups is 2. The zero-order valence-electron chi connectivity index (χ0n) is 19.2. The number of pyridine rings is 1. The molecule has 180 valence electrons. The average molecular weight is 509 g/mol. The van der Waals surface area contributed by atoms with Gasteiger partial charge in [0.15, 0.2) is 0 Å². The molecule has 2 N–H and O–H groups in total. The van der Waals surface area contributed by atoms with Gasteiger partial charge in [-0.2, -0.15) is 11.8 Å². The summed E-state index contributed by atoms with van der Waals surface area (Å²) < 4.78 is 1.64. The smallest absolute Gasteiger partial charge is 0.276 e. The van der Waals surface area contributed by atoms with Crippen LogP contribution in [-0.2, 0) is 23.3 Å². The lowest BCUT2D eigenvalue weighted by atomic mass is 9.86. The molecule has 0 unspecified atom stereocenters. The molecule has 35 heavy (non-hydrogen) atoms. The fourth-order valence-electron chi connectivity index (χ4n) is 5.68. The van der Waals surface area contributed by atoms with E-state index in [0.717, 1.165) is 54.6 Å². The molecule has 9 nitrogen and oxygen atoms in total. The topological polar surface area (TPSA) is 109 Å². The molecular weight excluding hydrogens is 484 g/mol. The maximum atomic E-state index is 13.6. The Morgan fingerprint density at radius 1 is 1.26 bits per heavy atom. The number of nitrogens with zero attached hydrogens (tertiary/aromatic N) is 4. The third-order valence-electron chi connectivity index (χ3n) is 7.68. The van der Waals surface area contributed by atoms with Crippen LogP contribution in [-0.4, -0.2) is 55.8 Å². The molecule has 3 aliphatic heterocycles. The first-order valence-corrected chi connectivity index (χ1v) is 13.9. The fraction of sp³-hybridized carbons (Fsp3) is 0.458. The normalized spacial score (nSPS) is 21.8. The molecule has 7 rings (SSSR count). The van der Waals surface area contributed by atoms with Crippen molar-refractivity contribution in [2.45, 2.75) is 38.3 Å². The van der Waals surface area contributed by atoms with Crippen LogP contribution in [0.15, 0.2) is 17.2 Å². The van der Waals surface area contributed by atoms with E-state index in [-0.39, 0.29) is 23.3 Å². The van der Waals surface area contributed by atoms with E-state index in [4.69, 9.17) is 0 Å². The number of fused-ring (bicyclic) bond motifs is 5. The lowest BCUT2D eigenvalue weighted by Crippen LogP contribution is -2.57. The highest BCUT2D eigenvalue weighted by molar-refractivity contribution is 8.00. The minimum absolute atomic E-state index is 0.0332. The van der Waals surface area contributed by atoms with Gasteiger partial charge in [-0.3, -0.25) is 19.0 Å². The number of amides is 2. The first-order chi connectivity index (χ1) is 16.9. The fourth-order valence-corrected chi connectivity index (χ4v) is 7.95. The number of likely N-dealkylation sites (tertiary alicyclic amines) is 1. The summed E-state index contributed by atoms with van der Waals surface area (Å²) in [6, 6.07) is 1.74. The quantitative estimate of drug-likeness (QED) is 0.559. The molecule has 1 atom stereocenters. The molecule has 2 amide bonds. The van der Waals surface area contributed by atoms with E-state index in [1.807, 2.05) is 11.8 Å². The summed E-state index contributed by atoms with van der Waals surface area (Å²) in [6.45, 7) is 3.62. The third kappa shape index (κ3) is 3.03. The van der Waals surface area contributed by atoms with E-state index < -0.39 is 5.66 Å². The number of rotatable bonds is 3. The molecule has 4 aliphatic rings. The van der Waals surface area contributed by atoms with Gasteiger partial charge in [0.2, 0.25) is 5.91 Å². The predicted molar refractivity (Wildman–Crippen MR) is 136 cm³/mol. The highest BCUT2D eigenvalue weighted by atomic mass is 32.2. The van der Waals surface area contributed by atoms with Crippen LogP contribution in [0, 0.1) is 12.8 Å². The van der Waals surface area contributed by atoms with Crippen molar-refractivity contribution >= 4 is 56.6 Å². The van der Waals surface area contributed by atoms with Crippen molar-refractivity contribution < 1.29 is 9.59 Å². The highest BCUT2D eigenvalue weighted by Crippen LogP contribution is 2.42. The van der Waals surface area contributed by atoms with Crippen LogP contribution < -0.4 is 16.2 Å². The van der Waals surface area contributed by atoms with Gasteiger partial charge in [0.1, 0.15) is 34.0 Å². The number of anilines is 2. The Morgan fingerprint density at radius 2 is 2.09 bits per heavy atom. The van der Waals surface area contributed by atoms with E-state index in [9.17, 15) is 14.4 Å². The van der Waals surface area contributed by atoms with Crippen LogP contribution in [0.2, 0.25) is 0 Å². The molecule has 0 radical (unpaired) electrons. The van der Waals surface area contributed by atoms with Crippen molar-refractivity contribution in [2.75, 3.05) is 29.9 Å². The Kier molecular flexibility index (Phi) is 4.60. The second-order valence-electron chi connectivity index (χ2n) is 9.86. The van der Waals surface area contributed by atoms with Gasteiger partial charge in [0.25, 0.3) is 11.5 Å². The van der Waals surface area contributed by atoms with Crippen LogP contribution in [0.5, 0.6) is 0 Å². The standard InChI is InChI=1S/C24H24N6O3S2/c1-12-7-15(23(33)30-18(12)20(31)28-24(30)9-34-10-24)27-19-17-14-4-3-13(22(32)29-5-2-6-29)8-16(14)35-21(17)26-11-25-19/h7,11,13H,2-6,8-10H2,1H3,(H,28,31)(H,25,26,27)/t13-/m0/s1. The minimum atomic E-state index is -0.628. The zero-order chi connectivity index (χ0) is 23.9. The summed E-state index contributed by atoms with van der Waals surface area (Å²) in [5, 5.41) is 7.25. The predicted octanol–water partition coefficient (Wildman–Crippen LogP) is 2.39. The Hall–Kier alpha value is -2.92. The molecule has 1 aliphatic carbocycles. The number of hydrogen-bond acceptors (Lipinski definition) is 8. The molecule has 1 spiro atoms. The first-order valence-electron chi connectivity index (χ1n) is 11.9. The molecular formula is C24H24N6O3S2. The van der Waals surface area contributed by atoms with Crippen LogP contribution in [0.1, 0.15) is 39.3 Å². The monoisotopic (exact) mass is 508 g/mol. The summed E-state index contributed by atoms with van der Waals surface area (Å²) >= 11 is 3.33. The Bertz CT molecular complexity index is 1490. The number of aryl methyl sites for hydroxylation is 2.